The molecule has 150 valence electrons. The highest BCUT2D eigenvalue weighted by atomic mass is 32.4. The van der Waals surface area contributed by atoms with Crippen molar-refractivity contribution < 1.29 is 0 Å². The van der Waals surface area contributed by atoms with E-state index in [1.54, 1.807) is 0 Å². The summed E-state index contributed by atoms with van der Waals surface area (Å²) in [6, 6.07) is 41.5. The van der Waals surface area contributed by atoms with Crippen LogP contribution in [0.25, 0.3) is 5.70 Å². The van der Waals surface area contributed by atoms with E-state index >= 15 is 0 Å². The van der Waals surface area contributed by atoms with Crippen LogP contribution in [0.1, 0.15) is 11.1 Å². The SMILES string of the molecule is S=P1(c2ccccc2)N=C(c2ccccc2)C=C(c2ccccc2)N1c1ccccc1. The first-order chi connectivity index (χ1) is 15.3. The van der Waals surface area contributed by atoms with Crippen LogP contribution in [0.15, 0.2) is 132 Å². The number of anilines is 1. The molecule has 4 aromatic carbocycles. The molecule has 4 aromatic rings. The molecule has 0 amide bonds. The molecule has 0 saturated carbocycles. The largest absolute Gasteiger partial charge is 0.292 e. The summed E-state index contributed by atoms with van der Waals surface area (Å²) in [6.45, 7) is 0. The van der Waals surface area contributed by atoms with Crippen molar-refractivity contribution in [3.05, 3.63) is 139 Å². The van der Waals surface area contributed by atoms with E-state index in [0.717, 1.165) is 33.5 Å². The van der Waals surface area contributed by atoms with E-state index in [9.17, 15) is 0 Å². The van der Waals surface area contributed by atoms with Gasteiger partial charge in [-0.05, 0) is 35.6 Å². The average Bonchev–Trinajstić information content (AvgIpc) is 2.86. The fourth-order valence-electron chi connectivity index (χ4n) is 3.78. The average molecular weight is 437 g/mol. The van der Waals surface area contributed by atoms with E-state index < -0.39 is 6.34 Å². The van der Waals surface area contributed by atoms with Crippen LogP contribution in [0.4, 0.5) is 5.69 Å². The van der Waals surface area contributed by atoms with Crippen molar-refractivity contribution in [1.29, 1.82) is 0 Å². The summed E-state index contributed by atoms with van der Waals surface area (Å²) < 4.78 is 7.56. The lowest BCUT2D eigenvalue weighted by atomic mass is 10.1. The second-order valence-electron chi connectivity index (χ2n) is 7.27. The molecule has 1 heterocycles. The molecule has 0 fully saturated rings. The van der Waals surface area contributed by atoms with Crippen LogP contribution >= 0.6 is 6.34 Å². The molecule has 0 radical (unpaired) electrons. The van der Waals surface area contributed by atoms with Gasteiger partial charge in [0, 0.05) is 16.6 Å². The summed E-state index contributed by atoms with van der Waals surface area (Å²) >= 11 is 6.49. The van der Waals surface area contributed by atoms with Gasteiger partial charge in [-0.1, -0.05) is 109 Å². The lowest BCUT2D eigenvalue weighted by molar-refractivity contribution is 1.39. The van der Waals surface area contributed by atoms with Gasteiger partial charge in [-0.15, -0.1) is 0 Å². The van der Waals surface area contributed by atoms with Gasteiger partial charge in [0.25, 0.3) is 0 Å². The number of para-hydroxylation sites is 1. The smallest absolute Gasteiger partial charge is 0.176 e. The molecule has 0 aliphatic carbocycles. The fraction of sp³-hybridized carbons (Fsp3) is 0. The van der Waals surface area contributed by atoms with E-state index in [2.05, 4.69) is 83.5 Å². The minimum absolute atomic E-state index is 0.929. The molecule has 2 nitrogen and oxygen atoms in total. The Balaban J connectivity index is 1.81. The zero-order valence-electron chi connectivity index (χ0n) is 16.9. The predicted octanol–water partition coefficient (Wildman–Crippen LogP) is 6.67. The maximum atomic E-state index is 6.49. The first-order valence-corrected chi connectivity index (χ1v) is 12.9. The third-order valence-electron chi connectivity index (χ3n) is 5.25. The van der Waals surface area contributed by atoms with E-state index in [1.165, 1.54) is 0 Å². The van der Waals surface area contributed by atoms with Crippen molar-refractivity contribution in [2.24, 2.45) is 4.76 Å². The van der Waals surface area contributed by atoms with Crippen molar-refractivity contribution in [3.63, 3.8) is 0 Å². The van der Waals surface area contributed by atoms with Crippen molar-refractivity contribution in [2.45, 2.75) is 0 Å². The second-order valence-corrected chi connectivity index (χ2v) is 11.0. The number of nitrogens with zero attached hydrogens (tertiary/aromatic N) is 2. The van der Waals surface area contributed by atoms with Crippen LogP contribution in [-0.2, 0) is 11.8 Å². The van der Waals surface area contributed by atoms with Crippen LogP contribution < -0.4 is 9.97 Å². The Morgan fingerprint density at radius 1 is 0.581 bits per heavy atom. The minimum Gasteiger partial charge on any atom is -0.292 e. The zero-order chi connectivity index (χ0) is 21.1. The van der Waals surface area contributed by atoms with Crippen LogP contribution in [0, 0.1) is 0 Å². The minimum atomic E-state index is -2.55. The number of benzene rings is 4. The van der Waals surface area contributed by atoms with Gasteiger partial charge in [0.05, 0.1) is 11.4 Å². The Hall–Kier alpha value is -3.26. The number of allylic oxidation sites excluding steroid dienone is 1. The number of hydrogen-bond donors (Lipinski definition) is 0. The van der Waals surface area contributed by atoms with E-state index in [-0.39, 0.29) is 0 Å². The molecule has 1 unspecified atom stereocenters. The summed E-state index contributed by atoms with van der Waals surface area (Å²) in [5, 5.41) is 1.07. The molecule has 1 aliphatic heterocycles. The Labute approximate surface area is 188 Å². The lowest BCUT2D eigenvalue weighted by Crippen LogP contribution is -2.28. The van der Waals surface area contributed by atoms with Crippen LogP contribution in [0.2, 0.25) is 0 Å². The van der Waals surface area contributed by atoms with Crippen LogP contribution in [0.3, 0.4) is 0 Å². The maximum absolute atomic E-state index is 6.49. The van der Waals surface area contributed by atoms with Crippen molar-refractivity contribution in [1.82, 2.24) is 0 Å². The topological polar surface area (TPSA) is 15.6 Å². The van der Waals surface area contributed by atoms with Gasteiger partial charge >= 0.3 is 0 Å². The van der Waals surface area contributed by atoms with Gasteiger partial charge in [-0.25, -0.2) is 4.76 Å². The summed E-state index contributed by atoms with van der Waals surface area (Å²) in [7, 11) is 0. The first kappa shape index (κ1) is 19.7. The molecule has 31 heavy (non-hydrogen) atoms. The lowest BCUT2D eigenvalue weighted by Gasteiger charge is -2.39. The molecular weight excluding hydrogens is 415 g/mol. The molecule has 5 rings (SSSR count). The van der Waals surface area contributed by atoms with Crippen molar-refractivity contribution in [3.8, 4) is 0 Å². The standard InChI is InChI=1S/C27H21N2PS/c31-30(25-19-11-4-12-20-25)28-26(22-13-5-1-6-14-22)21-27(23-15-7-2-8-16-23)29(30)24-17-9-3-10-18-24/h1-21H. The summed E-state index contributed by atoms with van der Waals surface area (Å²) in [6.07, 6.45) is -0.383. The molecule has 0 bridgehead atoms. The van der Waals surface area contributed by atoms with Crippen molar-refractivity contribution >= 4 is 40.5 Å². The molecule has 0 spiro atoms. The zero-order valence-corrected chi connectivity index (χ0v) is 18.6. The highest BCUT2D eigenvalue weighted by Crippen LogP contribution is 2.59. The Morgan fingerprint density at radius 3 is 1.65 bits per heavy atom. The van der Waals surface area contributed by atoms with E-state index in [0.29, 0.717) is 0 Å². The van der Waals surface area contributed by atoms with Gasteiger partial charge in [-0.3, -0.25) is 4.67 Å². The van der Waals surface area contributed by atoms with Crippen LogP contribution in [0.5, 0.6) is 0 Å². The van der Waals surface area contributed by atoms with Gasteiger partial charge in [0.1, 0.15) is 0 Å². The summed E-state index contributed by atoms with van der Waals surface area (Å²) in [5.41, 5.74) is 5.26. The van der Waals surface area contributed by atoms with Gasteiger partial charge in [0.2, 0.25) is 0 Å². The van der Waals surface area contributed by atoms with Gasteiger partial charge in [0.15, 0.2) is 6.34 Å². The third-order valence-corrected chi connectivity index (χ3v) is 9.06. The molecule has 1 atom stereocenters. The Morgan fingerprint density at radius 2 is 1.06 bits per heavy atom. The quantitative estimate of drug-likeness (QED) is 0.332. The summed E-state index contributed by atoms with van der Waals surface area (Å²) in [4.78, 5) is 0. The molecule has 1 aliphatic rings. The molecular formula is C27H21N2PS. The Bertz CT molecular complexity index is 1280. The third kappa shape index (κ3) is 3.79. The van der Waals surface area contributed by atoms with E-state index in [4.69, 9.17) is 16.6 Å². The number of rotatable bonds is 4. The number of hydrogen-bond acceptors (Lipinski definition) is 1. The maximum Gasteiger partial charge on any atom is 0.176 e. The second kappa shape index (κ2) is 8.47. The fourth-order valence-corrected chi connectivity index (χ4v) is 7.33. The normalized spacial score (nSPS) is 18.3. The Kier molecular flexibility index (Phi) is 5.38. The van der Waals surface area contributed by atoms with E-state index in [1.807, 2.05) is 48.5 Å². The summed E-state index contributed by atoms with van der Waals surface area (Å²) in [5.74, 6) is 0. The monoisotopic (exact) mass is 436 g/mol. The van der Waals surface area contributed by atoms with Gasteiger partial charge < -0.3 is 0 Å². The first-order valence-electron chi connectivity index (χ1n) is 10.2. The van der Waals surface area contributed by atoms with Crippen molar-refractivity contribution in [2.75, 3.05) is 4.67 Å². The van der Waals surface area contributed by atoms with Crippen LogP contribution in [-0.4, -0.2) is 5.71 Å². The van der Waals surface area contributed by atoms with Gasteiger partial charge in [-0.2, -0.15) is 0 Å². The molecule has 4 heteroatoms. The predicted molar refractivity (Wildman–Crippen MR) is 137 cm³/mol. The highest BCUT2D eigenvalue weighted by Gasteiger charge is 2.35. The highest BCUT2D eigenvalue weighted by molar-refractivity contribution is 8.18. The molecule has 0 aromatic heterocycles. The molecule has 0 saturated heterocycles. The molecule has 0 N–H and O–H groups in total.